The fraction of sp³-hybridized carbons (Fsp3) is 0.423. The Morgan fingerprint density at radius 2 is 1.67 bits per heavy atom. The second kappa shape index (κ2) is 10.1. The molecule has 3 atom stereocenters. The third kappa shape index (κ3) is 5.02. The zero-order valence-corrected chi connectivity index (χ0v) is 18.8. The number of hydrogen-bond acceptors (Lipinski definition) is 4. The van der Waals surface area contributed by atoms with Gasteiger partial charge in [0.1, 0.15) is 6.61 Å². The summed E-state index contributed by atoms with van der Waals surface area (Å²) in [5, 5.41) is 14.7. The Hall–Kier alpha value is -3.35. The monoisotopic (exact) mass is 450 g/mol. The van der Waals surface area contributed by atoms with Crippen LogP contribution in [0.4, 0.5) is 4.79 Å². The maximum Gasteiger partial charge on any atom is 0.407 e. The van der Waals surface area contributed by atoms with Gasteiger partial charge in [-0.25, -0.2) is 4.79 Å². The van der Waals surface area contributed by atoms with Crippen molar-refractivity contribution in [3.8, 4) is 11.1 Å². The van der Waals surface area contributed by atoms with Crippen molar-refractivity contribution in [1.82, 2.24) is 10.6 Å². The number of carbonyl (C=O) groups excluding carboxylic acids is 2. The van der Waals surface area contributed by atoms with E-state index in [1.54, 1.807) is 0 Å². The number of carboxylic acid groups (broad SMARTS) is 1. The van der Waals surface area contributed by atoms with Gasteiger partial charge in [-0.1, -0.05) is 61.9 Å². The van der Waals surface area contributed by atoms with Crippen LogP contribution in [0.25, 0.3) is 11.1 Å². The first-order valence-corrected chi connectivity index (χ1v) is 11.6. The minimum absolute atomic E-state index is 0.0212. The molecule has 0 spiro atoms. The fourth-order valence-electron chi connectivity index (χ4n) is 5.05. The lowest BCUT2D eigenvalue weighted by atomic mass is 9.98. The summed E-state index contributed by atoms with van der Waals surface area (Å²) in [7, 11) is 0. The number of fused-ring (bicyclic) bond motifs is 3. The van der Waals surface area contributed by atoms with Crippen LogP contribution in [-0.4, -0.2) is 41.8 Å². The van der Waals surface area contributed by atoms with Crippen molar-refractivity contribution in [2.24, 2.45) is 5.92 Å². The van der Waals surface area contributed by atoms with Gasteiger partial charge in [-0.15, -0.1) is 0 Å². The molecular weight excluding hydrogens is 420 g/mol. The molecule has 2 aliphatic rings. The van der Waals surface area contributed by atoms with Crippen molar-refractivity contribution in [2.75, 3.05) is 6.61 Å². The first-order chi connectivity index (χ1) is 16.0. The molecule has 3 N–H and O–H groups in total. The second-order valence-electron chi connectivity index (χ2n) is 8.83. The largest absolute Gasteiger partial charge is 0.481 e. The third-order valence-electron chi connectivity index (χ3n) is 6.76. The third-order valence-corrected chi connectivity index (χ3v) is 6.76. The van der Waals surface area contributed by atoms with Gasteiger partial charge in [0.25, 0.3) is 0 Å². The summed E-state index contributed by atoms with van der Waals surface area (Å²) in [5.41, 5.74) is 4.63. The highest BCUT2D eigenvalue weighted by atomic mass is 16.5. The SMILES string of the molecule is CC[C@@H](CC(=O)O)NC(=O)[C@@H]1CCC[C@@H]1NC(=O)OCC1c2ccccc2-c2ccccc21. The van der Waals surface area contributed by atoms with E-state index < -0.39 is 18.1 Å². The van der Waals surface area contributed by atoms with Crippen molar-refractivity contribution in [3.05, 3.63) is 59.7 Å². The van der Waals surface area contributed by atoms with Crippen LogP contribution in [0, 0.1) is 5.92 Å². The number of hydrogen-bond donors (Lipinski definition) is 3. The number of ether oxygens (including phenoxy) is 1. The average Bonchev–Trinajstić information content (AvgIpc) is 3.39. The van der Waals surface area contributed by atoms with Gasteiger partial charge in [0.05, 0.1) is 12.3 Å². The maximum atomic E-state index is 12.7. The molecule has 4 rings (SSSR count). The lowest BCUT2D eigenvalue weighted by Crippen LogP contribution is -2.47. The summed E-state index contributed by atoms with van der Waals surface area (Å²) >= 11 is 0. The normalized spacial score (nSPS) is 19.9. The van der Waals surface area contributed by atoms with Crippen molar-refractivity contribution < 1.29 is 24.2 Å². The van der Waals surface area contributed by atoms with E-state index in [4.69, 9.17) is 9.84 Å². The number of benzene rings is 2. The zero-order valence-electron chi connectivity index (χ0n) is 18.8. The van der Waals surface area contributed by atoms with Crippen LogP contribution in [0.1, 0.15) is 56.1 Å². The van der Waals surface area contributed by atoms with Crippen LogP contribution in [0.2, 0.25) is 0 Å². The molecule has 0 bridgehead atoms. The Balaban J connectivity index is 1.35. The van der Waals surface area contributed by atoms with E-state index in [9.17, 15) is 14.4 Å². The molecule has 2 aromatic carbocycles. The summed E-state index contributed by atoms with van der Waals surface area (Å²) < 4.78 is 5.63. The number of amides is 2. The van der Waals surface area contributed by atoms with Gasteiger partial charge < -0.3 is 20.5 Å². The van der Waals surface area contributed by atoms with Gasteiger partial charge in [-0.05, 0) is 41.5 Å². The summed E-state index contributed by atoms with van der Waals surface area (Å²) in [6, 6.07) is 15.6. The molecule has 1 fully saturated rings. The standard InChI is InChI=1S/C26H30N2O5/c1-2-16(14-24(29)30)27-25(31)21-12-7-13-23(21)28-26(32)33-15-22-19-10-5-3-8-17(19)18-9-4-6-11-20(18)22/h3-6,8-11,16,21-23H,2,7,12-15H2,1H3,(H,27,31)(H,28,32)(H,29,30)/t16-,21+,23-/m0/s1. The molecule has 2 amide bonds. The van der Waals surface area contributed by atoms with Crippen molar-refractivity contribution in [1.29, 1.82) is 0 Å². The predicted molar refractivity (Wildman–Crippen MR) is 124 cm³/mol. The number of carbonyl (C=O) groups is 3. The van der Waals surface area contributed by atoms with E-state index in [0.717, 1.165) is 17.5 Å². The zero-order chi connectivity index (χ0) is 23.4. The minimum atomic E-state index is -0.943. The number of rotatable bonds is 8. The molecule has 2 aliphatic carbocycles. The highest BCUT2D eigenvalue weighted by molar-refractivity contribution is 5.82. The smallest absolute Gasteiger partial charge is 0.407 e. The Labute approximate surface area is 193 Å². The average molecular weight is 451 g/mol. The minimum Gasteiger partial charge on any atom is -0.481 e. The number of alkyl carbamates (subject to hydrolysis) is 1. The molecule has 0 unspecified atom stereocenters. The molecule has 33 heavy (non-hydrogen) atoms. The van der Waals surface area contributed by atoms with E-state index in [2.05, 4.69) is 34.9 Å². The predicted octanol–water partition coefficient (Wildman–Crippen LogP) is 4.06. The number of nitrogens with one attached hydrogen (secondary N) is 2. The first kappa shape index (κ1) is 22.8. The molecule has 174 valence electrons. The summed E-state index contributed by atoms with van der Waals surface area (Å²) in [6.07, 6.45) is 2.07. The van der Waals surface area contributed by atoms with Crippen molar-refractivity contribution in [2.45, 2.75) is 57.0 Å². The molecule has 0 radical (unpaired) electrons. The lowest BCUT2D eigenvalue weighted by molar-refractivity contribution is -0.137. The van der Waals surface area contributed by atoms with E-state index in [1.165, 1.54) is 11.1 Å². The van der Waals surface area contributed by atoms with Crippen LogP contribution >= 0.6 is 0 Å². The molecule has 0 aliphatic heterocycles. The van der Waals surface area contributed by atoms with Crippen LogP contribution < -0.4 is 10.6 Å². The molecular formula is C26H30N2O5. The number of aliphatic carboxylic acids is 1. The van der Waals surface area contributed by atoms with E-state index in [-0.39, 0.29) is 36.8 Å². The van der Waals surface area contributed by atoms with Crippen LogP contribution in [0.5, 0.6) is 0 Å². The summed E-state index contributed by atoms with van der Waals surface area (Å²) in [4.78, 5) is 36.4. The quantitative estimate of drug-likeness (QED) is 0.563. The van der Waals surface area contributed by atoms with E-state index in [0.29, 0.717) is 19.3 Å². The first-order valence-electron chi connectivity index (χ1n) is 11.6. The highest BCUT2D eigenvalue weighted by Crippen LogP contribution is 2.44. The van der Waals surface area contributed by atoms with Crippen LogP contribution in [-0.2, 0) is 14.3 Å². The summed E-state index contributed by atoms with van der Waals surface area (Å²) in [6.45, 7) is 2.06. The molecule has 2 aromatic rings. The van der Waals surface area contributed by atoms with E-state index in [1.807, 2.05) is 31.2 Å². The van der Waals surface area contributed by atoms with Gasteiger partial charge in [0.2, 0.25) is 5.91 Å². The van der Waals surface area contributed by atoms with Gasteiger partial charge in [0.15, 0.2) is 0 Å². The van der Waals surface area contributed by atoms with Crippen molar-refractivity contribution in [3.63, 3.8) is 0 Å². The van der Waals surface area contributed by atoms with Crippen LogP contribution in [0.3, 0.4) is 0 Å². The maximum absolute atomic E-state index is 12.7. The fourth-order valence-corrected chi connectivity index (χ4v) is 5.05. The van der Waals surface area contributed by atoms with Crippen molar-refractivity contribution >= 4 is 18.0 Å². The molecule has 0 heterocycles. The molecule has 1 saturated carbocycles. The Morgan fingerprint density at radius 1 is 1.03 bits per heavy atom. The lowest BCUT2D eigenvalue weighted by Gasteiger charge is -2.23. The summed E-state index contributed by atoms with van der Waals surface area (Å²) in [5.74, 6) is -1.55. The van der Waals surface area contributed by atoms with Gasteiger partial charge in [0, 0.05) is 18.0 Å². The topological polar surface area (TPSA) is 105 Å². The molecule has 0 aromatic heterocycles. The highest BCUT2D eigenvalue weighted by Gasteiger charge is 2.36. The Morgan fingerprint density at radius 3 is 2.27 bits per heavy atom. The molecule has 0 saturated heterocycles. The van der Waals surface area contributed by atoms with Gasteiger partial charge in [-0.2, -0.15) is 0 Å². The van der Waals surface area contributed by atoms with E-state index >= 15 is 0 Å². The Kier molecular flexibility index (Phi) is 6.96. The number of carboxylic acids is 1. The Bertz CT molecular complexity index is 991. The van der Waals surface area contributed by atoms with Gasteiger partial charge >= 0.3 is 12.1 Å². The molecule has 7 nitrogen and oxygen atoms in total. The molecule has 7 heteroatoms. The van der Waals surface area contributed by atoms with Gasteiger partial charge in [-0.3, -0.25) is 9.59 Å². The van der Waals surface area contributed by atoms with Crippen LogP contribution in [0.15, 0.2) is 48.5 Å². The second-order valence-corrected chi connectivity index (χ2v) is 8.83.